The molecule has 0 bridgehead atoms. The van der Waals surface area contributed by atoms with E-state index in [9.17, 15) is 24.3 Å². The van der Waals surface area contributed by atoms with Crippen molar-refractivity contribution >= 4 is 29.3 Å². The summed E-state index contributed by atoms with van der Waals surface area (Å²) in [4.78, 5) is 56.7. The summed E-state index contributed by atoms with van der Waals surface area (Å²) in [5.41, 5.74) is 4.65. The molecule has 2 unspecified atom stereocenters. The molecule has 45 heavy (non-hydrogen) atoms. The van der Waals surface area contributed by atoms with Crippen molar-refractivity contribution in [2.24, 2.45) is 17.6 Å². The fraction of sp³-hybridized carbons (Fsp3) is 0.455. The van der Waals surface area contributed by atoms with Crippen molar-refractivity contribution in [3.63, 3.8) is 0 Å². The molecule has 12 heteroatoms. The predicted molar refractivity (Wildman–Crippen MR) is 166 cm³/mol. The van der Waals surface area contributed by atoms with E-state index in [-0.39, 0.29) is 35.4 Å². The summed E-state index contributed by atoms with van der Waals surface area (Å²) in [5, 5.41) is 11.3. The minimum absolute atomic E-state index is 0.113. The van der Waals surface area contributed by atoms with E-state index >= 15 is 0 Å². The number of rotatable bonds is 13. The normalized spacial score (nSPS) is 17.0. The predicted octanol–water partition coefficient (Wildman–Crippen LogP) is 2.75. The fourth-order valence-electron chi connectivity index (χ4n) is 5.28. The Morgan fingerprint density at radius 3 is 2.02 bits per heavy atom. The van der Waals surface area contributed by atoms with Gasteiger partial charge in [0.1, 0.15) is 6.04 Å². The SMILES string of the molecule is COc1cc(C2=CN(C(C)=O)C(C(C)C)C(=O)N2CC(=O)[C@@H](Cc2ccccc2)C(N)(O)C(=O)OC(C)C)cc(OC)c1OC. The zero-order chi connectivity index (χ0) is 33.6. The quantitative estimate of drug-likeness (QED) is 0.251. The Labute approximate surface area is 263 Å². The first-order valence-corrected chi connectivity index (χ1v) is 14.6. The van der Waals surface area contributed by atoms with Crippen LogP contribution in [0, 0.1) is 11.8 Å². The topological polar surface area (TPSA) is 158 Å². The molecule has 0 radical (unpaired) electrons. The van der Waals surface area contributed by atoms with Crippen LogP contribution in [0.25, 0.3) is 5.70 Å². The molecule has 3 N–H and O–H groups in total. The number of ketones is 1. The third kappa shape index (κ3) is 7.63. The molecule has 3 rings (SSSR count). The zero-order valence-electron chi connectivity index (χ0n) is 27.0. The molecule has 0 spiro atoms. The molecule has 2 aromatic carbocycles. The number of ether oxygens (including phenoxy) is 4. The maximum absolute atomic E-state index is 14.2. The number of benzene rings is 2. The first-order chi connectivity index (χ1) is 21.2. The van der Waals surface area contributed by atoms with Crippen molar-refractivity contribution in [3.05, 3.63) is 59.8 Å². The number of esters is 1. The molecule has 1 heterocycles. The van der Waals surface area contributed by atoms with Gasteiger partial charge in [-0.3, -0.25) is 20.1 Å². The van der Waals surface area contributed by atoms with Gasteiger partial charge in [0.25, 0.3) is 5.91 Å². The summed E-state index contributed by atoms with van der Waals surface area (Å²) in [6, 6.07) is 11.0. The van der Waals surface area contributed by atoms with Gasteiger partial charge in [0.05, 0.1) is 45.6 Å². The average Bonchev–Trinajstić information content (AvgIpc) is 2.99. The molecule has 0 aromatic heterocycles. The van der Waals surface area contributed by atoms with Crippen LogP contribution in [0.5, 0.6) is 17.2 Å². The molecule has 3 atom stereocenters. The Morgan fingerprint density at radius 2 is 1.56 bits per heavy atom. The summed E-state index contributed by atoms with van der Waals surface area (Å²) in [6.07, 6.45) is 0.775. The van der Waals surface area contributed by atoms with Gasteiger partial charge in [-0.2, -0.15) is 0 Å². The highest BCUT2D eigenvalue weighted by Gasteiger charge is 2.48. The van der Waals surface area contributed by atoms with Crippen LogP contribution in [0.4, 0.5) is 0 Å². The van der Waals surface area contributed by atoms with Crippen molar-refractivity contribution < 1.29 is 43.2 Å². The van der Waals surface area contributed by atoms with Crippen molar-refractivity contribution in [2.75, 3.05) is 27.9 Å². The van der Waals surface area contributed by atoms with Crippen LogP contribution in [0.15, 0.2) is 48.7 Å². The van der Waals surface area contributed by atoms with Crippen molar-refractivity contribution in [1.29, 1.82) is 0 Å². The van der Waals surface area contributed by atoms with E-state index in [0.29, 0.717) is 16.9 Å². The van der Waals surface area contributed by atoms with Gasteiger partial charge in [0.2, 0.25) is 17.4 Å². The maximum atomic E-state index is 14.2. The van der Waals surface area contributed by atoms with Crippen LogP contribution in [-0.4, -0.2) is 84.2 Å². The summed E-state index contributed by atoms with van der Waals surface area (Å²) in [5.74, 6) is -3.75. The van der Waals surface area contributed by atoms with Gasteiger partial charge in [-0.1, -0.05) is 44.2 Å². The lowest BCUT2D eigenvalue weighted by Crippen LogP contribution is -2.61. The van der Waals surface area contributed by atoms with Gasteiger partial charge in [0.15, 0.2) is 17.3 Å². The number of hydrogen-bond acceptors (Lipinski definition) is 10. The molecule has 0 aliphatic carbocycles. The Balaban J connectivity index is 2.19. The molecule has 244 valence electrons. The molecule has 1 aliphatic heterocycles. The molecule has 0 saturated carbocycles. The lowest BCUT2D eigenvalue weighted by atomic mass is 9.85. The Hall–Kier alpha value is -4.42. The smallest absolute Gasteiger partial charge is 0.354 e. The monoisotopic (exact) mass is 625 g/mol. The summed E-state index contributed by atoms with van der Waals surface area (Å²) in [6.45, 7) is 7.52. The molecule has 1 aliphatic rings. The number of methoxy groups -OCH3 is 3. The standard InChI is InChI=1S/C33H43N3O9/c1-19(2)29-31(39)36(25(17-35(29)21(5)37)23-15-27(42-6)30(44-8)28(16-23)43-7)18-26(38)24(14-22-12-10-9-11-13-22)33(34,41)32(40)45-20(3)4/h9-13,15-17,19-20,24,29,41H,14,18,34H2,1-8H3/t24-,29?,33?/m1/s1. The number of aliphatic hydroxyl groups is 1. The summed E-state index contributed by atoms with van der Waals surface area (Å²) >= 11 is 0. The molecule has 2 aromatic rings. The van der Waals surface area contributed by atoms with E-state index in [1.54, 1.807) is 70.2 Å². The third-order valence-electron chi connectivity index (χ3n) is 7.51. The van der Waals surface area contributed by atoms with Gasteiger partial charge in [-0.25, -0.2) is 4.79 Å². The minimum Gasteiger partial charge on any atom is -0.493 e. The van der Waals surface area contributed by atoms with Crippen molar-refractivity contribution in [1.82, 2.24) is 9.80 Å². The highest BCUT2D eigenvalue weighted by molar-refractivity contribution is 6.01. The fourth-order valence-corrected chi connectivity index (χ4v) is 5.28. The number of hydrogen-bond donors (Lipinski definition) is 2. The Bertz CT molecular complexity index is 1410. The highest BCUT2D eigenvalue weighted by atomic mass is 16.6. The van der Waals surface area contributed by atoms with Crippen LogP contribution in [-0.2, 0) is 30.3 Å². The van der Waals surface area contributed by atoms with Gasteiger partial charge in [-0.05, 0) is 43.9 Å². The Kier molecular flexibility index (Phi) is 11.4. The lowest BCUT2D eigenvalue weighted by Gasteiger charge is -2.41. The van der Waals surface area contributed by atoms with Gasteiger partial charge < -0.3 is 33.9 Å². The van der Waals surface area contributed by atoms with Crippen LogP contribution in [0.3, 0.4) is 0 Å². The third-order valence-corrected chi connectivity index (χ3v) is 7.51. The van der Waals surface area contributed by atoms with E-state index in [1.165, 1.54) is 44.3 Å². The van der Waals surface area contributed by atoms with Crippen LogP contribution >= 0.6 is 0 Å². The highest BCUT2D eigenvalue weighted by Crippen LogP contribution is 2.42. The molecular formula is C33H43N3O9. The second-order valence-electron chi connectivity index (χ2n) is 11.5. The molecule has 2 amide bonds. The van der Waals surface area contributed by atoms with Crippen LogP contribution in [0.2, 0.25) is 0 Å². The largest absolute Gasteiger partial charge is 0.493 e. The molecule has 0 saturated heterocycles. The summed E-state index contributed by atoms with van der Waals surface area (Å²) in [7, 11) is 4.32. The zero-order valence-corrected chi connectivity index (χ0v) is 27.0. The van der Waals surface area contributed by atoms with Gasteiger partial charge >= 0.3 is 5.97 Å². The second kappa shape index (κ2) is 14.6. The van der Waals surface area contributed by atoms with E-state index in [4.69, 9.17) is 24.7 Å². The average molecular weight is 626 g/mol. The number of Topliss-reactive ketones (excluding diaryl/α,β-unsaturated/α-hetero) is 1. The van der Waals surface area contributed by atoms with Crippen LogP contribution < -0.4 is 19.9 Å². The first-order valence-electron chi connectivity index (χ1n) is 14.6. The van der Waals surface area contributed by atoms with Crippen molar-refractivity contribution in [2.45, 2.75) is 58.9 Å². The maximum Gasteiger partial charge on any atom is 0.354 e. The number of amides is 2. The number of carbonyl (C=O) groups excluding carboxylic acids is 4. The molecule has 12 nitrogen and oxygen atoms in total. The Morgan fingerprint density at radius 1 is 0.978 bits per heavy atom. The van der Waals surface area contributed by atoms with Gasteiger partial charge in [0, 0.05) is 18.7 Å². The summed E-state index contributed by atoms with van der Waals surface area (Å²) < 4.78 is 21.7. The van der Waals surface area contributed by atoms with E-state index in [2.05, 4.69) is 0 Å². The van der Waals surface area contributed by atoms with E-state index < -0.39 is 48.0 Å². The number of carbonyl (C=O) groups is 4. The van der Waals surface area contributed by atoms with E-state index in [0.717, 1.165) is 0 Å². The minimum atomic E-state index is -2.71. The second-order valence-corrected chi connectivity index (χ2v) is 11.5. The van der Waals surface area contributed by atoms with Crippen LogP contribution in [0.1, 0.15) is 45.7 Å². The number of nitrogens with two attached hydrogens (primary N) is 1. The van der Waals surface area contributed by atoms with Crippen molar-refractivity contribution in [3.8, 4) is 17.2 Å². The molecule has 0 fully saturated rings. The lowest BCUT2D eigenvalue weighted by molar-refractivity contribution is -0.177. The molecular weight excluding hydrogens is 582 g/mol. The van der Waals surface area contributed by atoms with E-state index in [1.807, 2.05) is 0 Å². The number of nitrogens with zero attached hydrogens (tertiary/aromatic N) is 2. The first kappa shape index (κ1) is 35.1. The van der Waals surface area contributed by atoms with Gasteiger partial charge in [-0.15, -0.1) is 0 Å².